The number of carboxylic acids is 1. The Bertz CT molecular complexity index is 1560. The minimum Gasteiger partial charge on any atom is -0.481 e. The number of likely N-dealkylation sites (tertiary alicyclic amines) is 1. The molecular formula is C42H69N2O6S+. The van der Waals surface area contributed by atoms with Gasteiger partial charge in [0.15, 0.2) is 9.84 Å². The van der Waals surface area contributed by atoms with Crippen LogP contribution < -0.4 is 10.2 Å². The van der Waals surface area contributed by atoms with Crippen molar-refractivity contribution in [1.29, 1.82) is 0 Å². The molecule has 2 bridgehead atoms. The molecule has 51 heavy (non-hydrogen) atoms. The summed E-state index contributed by atoms with van der Waals surface area (Å²) in [5.41, 5.74) is 0.798. The Hall–Kier alpha value is -1.45. The summed E-state index contributed by atoms with van der Waals surface area (Å²) in [7, 11) is -2.86. The van der Waals surface area contributed by atoms with Gasteiger partial charge in [-0.15, -0.1) is 0 Å². The third kappa shape index (κ3) is 5.64. The van der Waals surface area contributed by atoms with Gasteiger partial charge in [-0.3, -0.25) is 9.59 Å². The van der Waals surface area contributed by atoms with Crippen molar-refractivity contribution in [3.63, 3.8) is 0 Å². The Morgan fingerprint density at radius 2 is 1.67 bits per heavy atom. The average Bonchev–Trinajstić information content (AvgIpc) is 3.69. The Labute approximate surface area is 308 Å². The van der Waals surface area contributed by atoms with Crippen LogP contribution in [0.25, 0.3) is 0 Å². The monoisotopic (exact) mass is 729 g/mol. The van der Waals surface area contributed by atoms with E-state index in [1.165, 1.54) is 55.4 Å². The second-order valence-electron chi connectivity index (χ2n) is 21.0. The highest BCUT2D eigenvalue weighted by Gasteiger charge is 2.71. The van der Waals surface area contributed by atoms with E-state index >= 15 is 0 Å². The number of carbonyl (C=O) groups is 2. The summed E-state index contributed by atoms with van der Waals surface area (Å²) in [6, 6.07) is 0.291. The molecular weight excluding hydrogens is 661 g/mol. The SMILES string of the molecule is C=C(C)[C@@H]1CC[C@]2(NCC[NH+]3C[C@@H]4CC3CS4(=O)=O)CC[C@]3(C)[C@H](CC[C@@H]4[C@@]5(C)CC[C@H](OC(=O)CC(C)(C)C(=O)O)C(C)(C)[C@@H]5CC[C@]43C)[C@@H]12. The van der Waals surface area contributed by atoms with E-state index in [1.54, 1.807) is 13.8 Å². The zero-order chi connectivity index (χ0) is 37.2. The summed E-state index contributed by atoms with van der Waals surface area (Å²) in [4.78, 5) is 26.3. The fourth-order valence-electron chi connectivity index (χ4n) is 15.0. The molecule has 0 aromatic rings. The zero-order valence-electron chi connectivity index (χ0n) is 33.0. The summed E-state index contributed by atoms with van der Waals surface area (Å²) in [6.07, 6.45) is 12.2. The molecule has 0 amide bonds. The summed E-state index contributed by atoms with van der Waals surface area (Å²) in [6.45, 7) is 25.4. The molecule has 9 heteroatoms. The van der Waals surface area contributed by atoms with Gasteiger partial charge in [-0.25, -0.2) is 8.42 Å². The Morgan fingerprint density at radius 1 is 0.941 bits per heavy atom. The number of hydrogen-bond acceptors (Lipinski definition) is 6. The highest BCUT2D eigenvalue weighted by Crippen LogP contribution is 2.76. The lowest BCUT2D eigenvalue weighted by molar-refractivity contribution is -0.909. The number of aliphatic carboxylic acids is 1. The number of hydrogen-bond donors (Lipinski definition) is 3. The van der Waals surface area contributed by atoms with Crippen molar-refractivity contribution in [3.8, 4) is 0 Å². The maximum atomic E-state index is 13.1. The quantitative estimate of drug-likeness (QED) is 0.202. The number of sulfone groups is 1. The predicted molar refractivity (Wildman–Crippen MR) is 200 cm³/mol. The molecule has 13 atom stereocenters. The number of carboxylic acid groups (broad SMARTS) is 1. The van der Waals surface area contributed by atoms with Gasteiger partial charge in [0.1, 0.15) is 23.1 Å². The molecule has 5 aliphatic carbocycles. The van der Waals surface area contributed by atoms with E-state index in [1.807, 2.05) is 0 Å². The maximum Gasteiger partial charge on any atom is 0.309 e. The van der Waals surface area contributed by atoms with Crippen molar-refractivity contribution in [1.82, 2.24) is 5.32 Å². The Morgan fingerprint density at radius 3 is 2.29 bits per heavy atom. The summed E-state index contributed by atoms with van der Waals surface area (Å²) in [5.74, 6) is 1.86. The molecule has 8 nitrogen and oxygen atoms in total. The first-order valence-electron chi connectivity index (χ1n) is 20.5. The van der Waals surface area contributed by atoms with E-state index in [9.17, 15) is 23.1 Å². The van der Waals surface area contributed by atoms with Crippen LogP contribution in [0.1, 0.15) is 132 Å². The van der Waals surface area contributed by atoms with Gasteiger partial charge in [-0.2, -0.15) is 0 Å². The standard InChI is InChI=1S/C42H68N2O6S/c1-26(2)29-12-17-42(43-20-21-44-24-28-22-27(44)25-51(28,48)49)19-18-40(8)30(35(29)42)10-11-32-39(7)15-14-33(50-34(45)23-37(3,4)36(46)47)38(5,6)31(39)13-16-41(32,40)9/h27-33,35,43H,1,10-25H2,2-9H3,(H,46,47)/p+1/t27?,28-,29-,30+,31-,32+,33-,35+,39-,40+,41+,42-/m0/s1. The number of allylic oxidation sites excluding steroid dienone is 1. The van der Waals surface area contributed by atoms with Crippen LogP contribution in [0.2, 0.25) is 0 Å². The van der Waals surface area contributed by atoms with Gasteiger partial charge >= 0.3 is 11.9 Å². The summed E-state index contributed by atoms with van der Waals surface area (Å²) >= 11 is 0. The van der Waals surface area contributed by atoms with Crippen LogP contribution in [-0.2, 0) is 24.2 Å². The van der Waals surface area contributed by atoms with E-state index in [-0.39, 0.29) is 50.9 Å². The van der Waals surface area contributed by atoms with Crippen LogP contribution in [0.15, 0.2) is 12.2 Å². The van der Waals surface area contributed by atoms with Crippen molar-refractivity contribution < 1.29 is 32.8 Å². The third-order valence-electron chi connectivity index (χ3n) is 17.9. The fourth-order valence-corrected chi connectivity index (χ4v) is 17.2. The number of rotatable bonds is 9. The maximum absolute atomic E-state index is 13.1. The molecule has 2 aliphatic heterocycles. The second kappa shape index (κ2) is 12.3. The van der Waals surface area contributed by atoms with E-state index in [2.05, 4.69) is 53.4 Å². The molecule has 2 saturated heterocycles. The molecule has 0 spiro atoms. The largest absolute Gasteiger partial charge is 0.481 e. The molecule has 7 rings (SSSR count). The van der Waals surface area contributed by atoms with Crippen LogP contribution in [0.5, 0.6) is 0 Å². The van der Waals surface area contributed by atoms with Crippen molar-refractivity contribution in [2.24, 2.45) is 56.7 Å². The van der Waals surface area contributed by atoms with Gasteiger partial charge in [0.2, 0.25) is 0 Å². The van der Waals surface area contributed by atoms with Gasteiger partial charge < -0.3 is 20.1 Å². The Balaban J connectivity index is 1.09. The topological polar surface area (TPSA) is 114 Å². The molecule has 7 aliphatic rings. The van der Waals surface area contributed by atoms with Crippen molar-refractivity contribution >= 4 is 21.8 Å². The molecule has 0 aromatic carbocycles. The molecule has 288 valence electrons. The van der Waals surface area contributed by atoms with Crippen molar-refractivity contribution in [2.75, 3.05) is 25.4 Å². The van der Waals surface area contributed by atoms with Crippen LogP contribution in [-0.4, -0.2) is 73.8 Å². The van der Waals surface area contributed by atoms with Gasteiger partial charge in [0.25, 0.3) is 0 Å². The van der Waals surface area contributed by atoms with Crippen LogP contribution >= 0.6 is 0 Å². The smallest absolute Gasteiger partial charge is 0.309 e. The van der Waals surface area contributed by atoms with Crippen molar-refractivity contribution in [3.05, 3.63) is 12.2 Å². The number of nitrogens with one attached hydrogen (secondary N) is 2. The Kier molecular flexibility index (Phi) is 9.11. The van der Waals surface area contributed by atoms with E-state index in [4.69, 9.17) is 4.74 Å². The fraction of sp³-hybridized carbons (Fsp3) is 0.905. The number of fused-ring (bicyclic) bond motifs is 9. The van der Waals surface area contributed by atoms with Crippen molar-refractivity contribution in [2.45, 2.75) is 155 Å². The van der Waals surface area contributed by atoms with Crippen LogP contribution in [0.4, 0.5) is 0 Å². The summed E-state index contributed by atoms with van der Waals surface area (Å²) < 4.78 is 31.0. The molecule has 0 radical (unpaired) electrons. The minimum atomic E-state index is -2.86. The number of quaternary nitrogens is 1. The van der Waals surface area contributed by atoms with Gasteiger partial charge in [0, 0.05) is 23.9 Å². The van der Waals surface area contributed by atoms with Gasteiger partial charge in [-0.1, -0.05) is 46.8 Å². The number of ether oxygens (including phenoxy) is 1. The highest BCUT2D eigenvalue weighted by molar-refractivity contribution is 7.92. The molecule has 3 N–H and O–H groups in total. The lowest BCUT2D eigenvalue weighted by Crippen LogP contribution is -3.16. The molecule has 5 saturated carbocycles. The van der Waals surface area contributed by atoms with E-state index < -0.39 is 21.2 Å². The second-order valence-corrected chi connectivity index (χ2v) is 23.3. The van der Waals surface area contributed by atoms with Crippen LogP contribution in [0.3, 0.4) is 0 Å². The number of esters is 1. The molecule has 2 unspecified atom stereocenters. The minimum absolute atomic E-state index is 0.106. The first-order valence-corrected chi connectivity index (χ1v) is 22.2. The lowest BCUT2D eigenvalue weighted by Gasteiger charge is -2.73. The number of carbonyl (C=O) groups excluding carboxylic acids is 1. The van der Waals surface area contributed by atoms with Gasteiger partial charge in [0.05, 0.1) is 24.9 Å². The van der Waals surface area contributed by atoms with E-state index in [0.29, 0.717) is 41.4 Å². The zero-order valence-corrected chi connectivity index (χ0v) is 33.9. The summed E-state index contributed by atoms with van der Waals surface area (Å²) in [5, 5.41) is 13.7. The molecule has 7 fully saturated rings. The highest BCUT2D eigenvalue weighted by atomic mass is 32.2. The first kappa shape index (κ1) is 37.8. The van der Waals surface area contributed by atoms with E-state index in [0.717, 1.165) is 45.3 Å². The predicted octanol–water partition coefficient (Wildman–Crippen LogP) is 5.85. The third-order valence-corrected chi connectivity index (χ3v) is 20.2. The molecule has 0 aromatic heterocycles. The first-order chi connectivity index (χ1) is 23.6. The lowest BCUT2D eigenvalue weighted by atomic mass is 9.32. The molecule has 2 heterocycles. The normalized spacial score (nSPS) is 47.8. The van der Waals surface area contributed by atoms with Crippen LogP contribution in [0, 0.1) is 56.7 Å². The average molecular weight is 730 g/mol. The van der Waals surface area contributed by atoms with Gasteiger partial charge in [-0.05, 0) is 131 Å².